The van der Waals surface area contributed by atoms with Gasteiger partial charge in [-0.3, -0.25) is 9.36 Å². The minimum atomic E-state index is -0.245. The summed E-state index contributed by atoms with van der Waals surface area (Å²) in [6, 6.07) is 9.40. The van der Waals surface area contributed by atoms with Crippen LogP contribution >= 0.6 is 0 Å². The zero-order valence-corrected chi connectivity index (χ0v) is 10.7. The van der Waals surface area contributed by atoms with Crippen molar-refractivity contribution in [1.82, 2.24) is 24.5 Å². The quantitative estimate of drug-likeness (QED) is 0.740. The predicted molar refractivity (Wildman–Crippen MR) is 72.6 cm³/mol. The van der Waals surface area contributed by atoms with E-state index in [4.69, 9.17) is 5.11 Å². The van der Waals surface area contributed by atoms with Gasteiger partial charge in [-0.05, 0) is 18.6 Å². The fourth-order valence-electron chi connectivity index (χ4n) is 1.99. The lowest BCUT2D eigenvalue weighted by Gasteiger charge is -2.03. The molecule has 7 heteroatoms. The number of fused-ring (bicyclic) bond motifs is 1. The minimum Gasteiger partial charge on any atom is -0.396 e. The third-order valence-electron chi connectivity index (χ3n) is 2.99. The molecule has 0 saturated carbocycles. The van der Waals surface area contributed by atoms with Crippen molar-refractivity contribution in [2.75, 3.05) is 6.61 Å². The highest BCUT2D eigenvalue weighted by Gasteiger charge is 2.12. The molecule has 3 rings (SSSR count). The van der Waals surface area contributed by atoms with Gasteiger partial charge in [0.15, 0.2) is 11.2 Å². The molecule has 1 aromatic carbocycles. The molecule has 0 bridgehead atoms. The average molecular weight is 271 g/mol. The normalized spacial score (nSPS) is 11.1. The van der Waals surface area contributed by atoms with Gasteiger partial charge < -0.3 is 5.11 Å². The lowest BCUT2D eigenvalue weighted by molar-refractivity contribution is 0.279. The van der Waals surface area contributed by atoms with Crippen LogP contribution in [0, 0.1) is 0 Å². The molecule has 0 aliphatic heterocycles. The van der Waals surface area contributed by atoms with Crippen molar-refractivity contribution in [1.29, 1.82) is 0 Å². The van der Waals surface area contributed by atoms with Crippen LogP contribution in [0.15, 0.2) is 41.5 Å². The first-order chi connectivity index (χ1) is 9.81. The van der Waals surface area contributed by atoms with E-state index in [1.54, 1.807) is 0 Å². The van der Waals surface area contributed by atoms with E-state index >= 15 is 0 Å². The molecule has 1 N–H and O–H groups in total. The Bertz CT molecular complexity index is 778. The van der Waals surface area contributed by atoms with Crippen molar-refractivity contribution in [3.05, 3.63) is 47.0 Å². The van der Waals surface area contributed by atoms with Crippen LogP contribution in [0.5, 0.6) is 0 Å². The molecule has 0 amide bonds. The van der Waals surface area contributed by atoms with Crippen LogP contribution in [-0.2, 0) is 6.54 Å². The summed E-state index contributed by atoms with van der Waals surface area (Å²) in [4.78, 5) is 16.5. The van der Waals surface area contributed by atoms with Crippen LogP contribution in [0.1, 0.15) is 6.42 Å². The first kappa shape index (κ1) is 12.5. The predicted octanol–water partition coefficient (Wildman–Crippen LogP) is 0.360. The average Bonchev–Trinajstić information content (AvgIpc) is 2.92. The highest BCUT2D eigenvalue weighted by molar-refractivity contribution is 5.70. The van der Waals surface area contributed by atoms with E-state index in [0.29, 0.717) is 18.6 Å². The van der Waals surface area contributed by atoms with Crippen molar-refractivity contribution < 1.29 is 5.11 Å². The number of aromatic nitrogens is 5. The number of nitrogens with zero attached hydrogens (tertiary/aromatic N) is 5. The zero-order valence-electron chi connectivity index (χ0n) is 10.7. The molecule has 0 aliphatic rings. The number of benzene rings is 1. The van der Waals surface area contributed by atoms with E-state index in [1.807, 2.05) is 30.3 Å². The molecule has 0 aliphatic carbocycles. The number of rotatable bonds is 4. The maximum absolute atomic E-state index is 12.2. The lowest BCUT2D eigenvalue weighted by Crippen LogP contribution is -2.21. The SMILES string of the molecule is O=c1c2nnn(-c3ccccc3)c2ncn1CCCO. The molecular formula is C13H13N5O2. The van der Waals surface area contributed by atoms with E-state index < -0.39 is 0 Å². The first-order valence-corrected chi connectivity index (χ1v) is 6.28. The molecule has 0 atom stereocenters. The van der Waals surface area contributed by atoms with Gasteiger partial charge >= 0.3 is 0 Å². The highest BCUT2D eigenvalue weighted by Crippen LogP contribution is 2.10. The first-order valence-electron chi connectivity index (χ1n) is 6.28. The summed E-state index contributed by atoms with van der Waals surface area (Å²) in [5.74, 6) is 0. The van der Waals surface area contributed by atoms with Gasteiger partial charge in [0.2, 0.25) is 0 Å². The smallest absolute Gasteiger partial charge is 0.283 e. The number of hydrogen-bond donors (Lipinski definition) is 1. The molecule has 0 radical (unpaired) electrons. The Labute approximate surface area is 114 Å². The Hall–Kier alpha value is -2.54. The Kier molecular flexibility index (Phi) is 3.26. The minimum absolute atomic E-state index is 0.0290. The Morgan fingerprint density at radius 1 is 1.20 bits per heavy atom. The Morgan fingerprint density at radius 2 is 2.00 bits per heavy atom. The third-order valence-corrected chi connectivity index (χ3v) is 2.99. The summed E-state index contributed by atoms with van der Waals surface area (Å²) in [5.41, 5.74) is 1.22. The Balaban J connectivity index is 2.11. The number of aryl methyl sites for hydroxylation is 1. The standard InChI is InChI=1S/C13H13N5O2/c19-8-4-7-17-9-14-12-11(13(17)20)15-16-18(12)10-5-2-1-3-6-10/h1-3,5-6,9,19H,4,7-8H2. The molecule has 102 valence electrons. The van der Waals surface area contributed by atoms with Crippen LogP contribution in [0.4, 0.5) is 0 Å². The van der Waals surface area contributed by atoms with Gasteiger partial charge in [0.05, 0.1) is 5.69 Å². The fraction of sp³-hybridized carbons (Fsp3) is 0.231. The fourth-order valence-corrected chi connectivity index (χ4v) is 1.99. The molecular weight excluding hydrogens is 258 g/mol. The largest absolute Gasteiger partial charge is 0.396 e. The van der Waals surface area contributed by atoms with Crippen molar-refractivity contribution in [3.63, 3.8) is 0 Å². The van der Waals surface area contributed by atoms with E-state index in [1.165, 1.54) is 15.6 Å². The van der Waals surface area contributed by atoms with Crippen LogP contribution in [-0.4, -0.2) is 36.3 Å². The molecule has 3 aromatic rings. The van der Waals surface area contributed by atoms with Gasteiger partial charge in [-0.2, -0.15) is 4.68 Å². The van der Waals surface area contributed by atoms with Crippen molar-refractivity contribution in [2.24, 2.45) is 0 Å². The van der Waals surface area contributed by atoms with Gasteiger partial charge in [-0.1, -0.05) is 23.4 Å². The van der Waals surface area contributed by atoms with E-state index in [0.717, 1.165) is 5.69 Å². The second-order valence-corrected chi connectivity index (χ2v) is 4.33. The highest BCUT2D eigenvalue weighted by atomic mass is 16.3. The third kappa shape index (κ3) is 2.08. The second-order valence-electron chi connectivity index (χ2n) is 4.33. The van der Waals surface area contributed by atoms with Gasteiger partial charge in [0, 0.05) is 13.2 Å². The molecule has 0 fully saturated rings. The molecule has 2 heterocycles. The van der Waals surface area contributed by atoms with Gasteiger partial charge in [0.25, 0.3) is 5.56 Å². The Morgan fingerprint density at radius 3 is 2.75 bits per heavy atom. The van der Waals surface area contributed by atoms with Gasteiger partial charge in [0.1, 0.15) is 6.33 Å². The number of aliphatic hydroxyl groups excluding tert-OH is 1. The maximum atomic E-state index is 12.2. The number of hydrogen-bond acceptors (Lipinski definition) is 5. The molecule has 7 nitrogen and oxygen atoms in total. The number of aliphatic hydroxyl groups is 1. The molecule has 2 aromatic heterocycles. The molecule has 0 unspecified atom stereocenters. The van der Waals surface area contributed by atoms with Crippen LogP contribution < -0.4 is 5.56 Å². The monoisotopic (exact) mass is 271 g/mol. The van der Waals surface area contributed by atoms with E-state index in [2.05, 4.69) is 15.3 Å². The van der Waals surface area contributed by atoms with Crippen molar-refractivity contribution in [2.45, 2.75) is 13.0 Å². The van der Waals surface area contributed by atoms with Gasteiger partial charge in [-0.25, -0.2) is 4.98 Å². The molecule has 0 spiro atoms. The summed E-state index contributed by atoms with van der Waals surface area (Å²) >= 11 is 0. The van der Waals surface area contributed by atoms with Gasteiger partial charge in [-0.15, -0.1) is 5.10 Å². The van der Waals surface area contributed by atoms with Crippen LogP contribution in [0.2, 0.25) is 0 Å². The van der Waals surface area contributed by atoms with Crippen molar-refractivity contribution >= 4 is 11.2 Å². The second kappa shape index (κ2) is 5.22. The van der Waals surface area contributed by atoms with Crippen molar-refractivity contribution in [3.8, 4) is 5.69 Å². The van der Waals surface area contributed by atoms with Crippen LogP contribution in [0.25, 0.3) is 16.9 Å². The lowest BCUT2D eigenvalue weighted by atomic mass is 10.3. The summed E-state index contributed by atoms with van der Waals surface area (Å²) < 4.78 is 2.97. The molecule has 20 heavy (non-hydrogen) atoms. The summed E-state index contributed by atoms with van der Waals surface area (Å²) in [6.07, 6.45) is 1.96. The topological polar surface area (TPSA) is 85.8 Å². The zero-order chi connectivity index (χ0) is 13.9. The van der Waals surface area contributed by atoms with E-state index in [9.17, 15) is 4.79 Å². The maximum Gasteiger partial charge on any atom is 0.283 e. The van der Waals surface area contributed by atoms with E-state index in [-0.39, 0.29) is 17.7 Å². The summed E-state index contributed by atoms with van der Waals surface area (Å²) in [5, 5.41) is 16.7. The van der Waals surface area contributed by atoms with Crippen LogP contribution in [0.3, 0.4) is 0 Å². The summed E-state index contributed by atoms with van der Waals surface area (Å²) in [7, 11) is 0. The summed E-state index contributed by atoms with van der Waals surface area (Å²) in [6.45, 7) is 0.442. The number of para-hydroxylation sites is 1. The molecule has 0 saturated heterocycles.